The highest BCUT2D eigenvalue weighted by atomic mass is 16.3. The van der Waals surface area contributed by atoms with Gasteiger partial charge in [-0.3, -0.25) is 52.7 Å². The molecule has 11 amide bonds. The van der Waals surface area contributed by atoms with Crippen molar-refractivity contribution < 1.29 is 57.8 Å². The fourth-order valence-electron chi connectivity index (χ4n) is 11.2. The second kappa shape index (κ2) is 36.9. The number of allylic oxidation sites excluding steroid dienone is 2. The summed E-state index contributed by atoms with van der Waals surface area (Å²) in [7, 11) is 9.93. The largest absolute Gasteiger partial charge is 0.390 e. The van der Waals surface area contributed by atoms with Gasteiger partial charge in [0.05, 0.1) is 6.10 Å². The third-order valence-electron chi connectivity index (χ3n) is 16.9. The van der Waals surface area contributed by atoms with E-state index in [0.29, 0.717) is 6.42 Å². The average molecular weight is 1250 g/mol. The van der Waals surface area contributed by atoms with Crippen LogP contribution in [0.5, 0.6) is 0 Å². The van der Waals surface area contributed by atoms with Crippen LogP contribution in [0.3, 0.4) is 0 Å². The number of aliphatic hydroxyl groups excluding tert-OH is 1. The number of carbonyl (C=O) groups is 11. The summed E-state index contributed by atoms with van der Waals surface area (Å²) in [5.41, 5.74) is 0. The van der Waals surface area contributed by atoms with Crippen molar-refractivity contribution in [3.63, 3.8) is 0 Å². The van der Waals surface area contributed by atoms with Crippen LogP contribution in [0, 0.1) is 53.3 Å². The predicted molar refractivity (Wildman–Crippen MR) is 345 cm³/mol. The highest BCUT2D eigenvalue weighted by Crippen LogP contribution is 2.26. The van der Waals surface area contributed by atoms with Crippen LogP contribution >= 0.6 is 0 Å². The number of hydrogen-bond donors (Lipinski definition) is 5. The van der Waals surface area contributed by atoms with Gasteiger partial charge in [0.2, 0.25) is 65.0 Å². The Hall–Kier alpha value is -6.57. The predicted octanol–water partition coefficient (Wildman–Crippen LogP) is 4.05. The quantitative estimate of drug-likeness (QED) is 0.108. The molecule has 0 radical (unpaired) electrons. The second-order valence-electron chi connectivity index (χ2n) is 26.9. The Balaban J connectivity index is 4.49. The van der Waals surface area contributed by atoms with Gasteiger partial charge in [-0.05, 0) is 108 Å². The van der Waals surface area contributed by atoms with E-state index in [4.69, 9.17) is 0 Å². The molecule has 0 aliphatic carbocycles. The minimum atomic E-state index is -1.64. The van der Waals surface area contributed by atoms with Gasteiger partial charge in [0, 0.05) is 55.8 Å². The fourth-order valence-corrected chi connectivity index (χ4v) is 11.2. The molecule has 1 rings (SSSR count). The smallest absolute Gasteiger partial charge is 0.246 e. The number of aliphatic hydroxyl groups is 1. The molecule has 5 N–H and O–H groups in total. The van der Waals surface area contributed by atoms with Crippen LogP contribution < -0.4 is 21.3 Å². The molecule has 23 heteroatoms. The Morgan fingerprint density at radius 1 is 0.449 bits per heavy atom. The molecule has 506 valence electrons. The number of amides is 11. The van der Waals surface area contributed by atoms with Gasteiger partial charge in [-0.2, -0.15) is 0 Å². The molecule has 1 saturated heterocycles. The zero-order valence-corrected chi connectivity index (χ0v) is 58.6. The Morgan fingerprint density at radius 3 is 1.28 bits per heavy atom. The minimum absolute atomic E-state index is 0.0127. The molecule has 0 aromatic rings. The van der Waals surface area contributed by atoms with Crippen molar-refractivity contribution in [1.29, 1.82) is 0 Å². The summed E-state index contributed by atoms with van der Waals surface area (Å²) in [5.74, 6) is -4.32. The molecule has 1 aliphatic heterocycles. The van der Waals surface area contributed by atoms with Crippen LogP contribution in [0.15, 0.2) is 12.2 Å². The Labute approximate surface area is 533 Å². The first-order valence-corrected chi connectivity index (χ1v) is 32.0. The number of likely N-dealkylation sites (N-methyl/N-ethyl adjacent to an activating group) is 7. The van der Waals surface area contributed by atoms with Gasteiger partial charge in [0.25, 0.3) is 0 Å². The first-order chi connectivity index (χ1) is 41.2. The molecular formula is C66H115N11O12. The maximum Gasteiger partial charge on any atom is 0.246 e. The second-order valence-corrected chi connectivity index (χ2v) is 26.9. The monoisotopic (exact) mass is 1250 g/mol. The van der Waals surface area contributed by atoms with E-state index in [1.807, 2.05) is 55.4 Å². The number of carbonyl (C=O) groups excluding carboxylic acids is 11. The molecule has 1 fully saturated rings. The summed E-state index contributed by atoms with van der Waals surface area (Å²) in [4.78, 5) is 171. The van der Waals surface area contributed by atoms with E-state index >= 15 is 19.2 Å². The van der Waals surface area contributed by atoms with Gasteiger partial charge in [0.15, 0.2) is 0 Å². The lowest BCUT2D eigenvalue weighted by atomic mass is 9.91. The molecule has 1 heterocycles. The lowest BCUT2D eigenvalue weighted by molar-refractivity contribution is -0.157. The van der Waals surface area contributed by atoms with Crippen LogP contribution in [-0.4, -0.2) is 226 Å². The van der Waals surface area contributed by atoms with E-state index in [9.17, 15) is 38.7 Å². The van der Waals surface area contributed by atoms with E-state index in [1.165, 1.54) is 87.7 Å². The standard InChI is InChI=1S/C66H115N11O12/c1-26-29-31-43(16)55(78)54-59(82)69-46(28-3)61(84)71(19)47(32-30-27-2)62(85)72(20)49(34-38(6)7)58(81)70-52(41(12)13)65(88)73(21)48(33-37(4)5)57(80)67-44(17)56(79)68-45(18)60(83)74(22)50(35-39(8)9)63(86)75(23)51(36-40(10)11)64(87)76(24)53(42(14)15)66(89)77(54)25/h26,29,37-55,78H,28,31-36H2,1-25H3,(H,67,80)(H,68,79)(H,69,82)(H,70,81)/b29-26+/t43-,44+,45-,46+,47+,48+,49+,50+,51+,52+,53+,54+,55-/m1/s1. The summed E-state index contributed by atoms with van der Waals surface area (Å²) >= 11 is 0. The molecule has 23 nitrogen and oxygen atoms in total. The van der Waals surface area contributed by atoms with Gasteiger partial charge >= 0.3 is 0 Å². The van der Waals surface area contributed by atoms with Crippen molar-refractivity contribution in [2.45, 2.75) is 242 Å². The highest BCUT2D eigenvalue weighted by molar-refractivity contribution is 6.00. The molecule has 89 heavy (non-hydrogen) atoms. The van der Waals surface area contributed by atoms with E-state index in [2.05, 4.69) is 33.1 Å². The molecule has 0 saturated carbocycles. The van der Waals surface area contributed by atoms with Crippen molar-refractivity contribution >= 4 is 65.0 Å². The van der Waals surface area contributed by atoms with E-state index in [0.717, 1.165) is 9.80 Å². The lowest BCUT2D eigenvalue weighted by Crippen LogP contribution is -2.64. The maximum absolute atomic E-state index is 15.3. The third kappa shape index (κ3) is 22.4. The Bertz CT molecular complexity index is 2520. The maximum atomic E-state index is 15.3. The molecule has 0 aromatic carbocycles. The van der Waals surface area contributed by atoms with Crippen molar-refractivity contribution in [3.8, 4) is 11.8 Å². The van der Waals surface area contributed by atoms with Crippen molar-refractivity contribution in [2.24, 2.45) is 41.4 Å². The Kier molecular flexibility index (Phi) is 33.4. The number of nitrogens with zero attached hydrogens (tertiary/aromatic N) is 7. The number of rotatable bonds is 16. The van der Waals surface area contributed by atoms with E-state index < -0.39 is 155 Å². The summed E-state index contributed by atoms with van der Waals surface area (Å²) < 4.78 is 0. The number of nitrogens with one attached hydrogen (secondary N) is 4. The van der Waals surface area contributed by atoms with Crippen molar-refractivity contribution in [3.05, 3.63) is 12.2 Å². The topological polar surface area (TPSA) is 279 Å². The first-order valence-electron chi connectivity index (χ1n) is 32.0. The molecule has 13 atom stereocenters. The van der Waals surface area contributed by atoms with Crippen LogP contribution in [-0.2, 0) is 52.7 Å². The Morgan fingerprint density at radius 2 is 0.843 bits per heavy atom. The van der Waals surface area contributed by atoms with Gasteiger partial charge in [0.1, 0.15) is 66.5 Å². The van der Waals surface area contributed by atoms with Gasteiger partial charge in [-0.25, -0.2) is 0 Å². The van der Waals surface area contributed by atoms with Gasteiger partial charge < -0.3 is 60.7 Å². The van der Waals surface area contributed by atoms with E-state index in [1.54, 1.807) is 67.5 Å². The summed E-state index contributed by atoms with van der Waals surface area (Å²) in [6.45, 7) is 31.4. The molecule has 0 unspecified atom stereocenters. The van der Waals surface area contributed by atoms with Crippen LogP contribution in [0.2, 0.25) is 0 Å². The molecule has 0 bridgehead atoms. The normalized spacial score (nSPS) is 26.9. The summed E-state index contributed by atoms with van der Waals surface area (Å²) in [6, 6.07) is -13.9. The first kappa shape index (κ1) is 80.4. The van der Waals surface area contributed by atoms with Gasteiger partial charge in [-0.1, -0.05) is 109 Å². The number of hydrogen-bond acceptors (Lipinski definition) is 12. The molecule has 0 aromatic heterocycles. The zero-order valence-electron chi connectivity index (χ0n) is 58.6. The van der Waals surface area contributed by atoms with Crippen LogP contribution in [0.1, 0.15) is 170 Å². The van der Waals surface area contributed by atoms with Crippen LogP contribution in [0.25, 0.3) is 0 Å². The average Bonchev–Trinajstić information content (AvgIpc) is 3.47. The molecule has 1 aliphatic rings. The summed E-state index contributed by atoms with van der Waals surface area (Å²) in [5, 5.41) is 23.3. The molecule has 0 spiro atoms. The zero-order chi connectivity index (χ0) is 69.0. The molecular weight excluding hydrogens is 1140 g/mol. The van der Waals surface area contributed by atoms with E-state index in [-0.39, 0.29) is 62.2 Å². The van der Waals surface area contributed by atoms with Crippen LogP contribution in [0.4, 0.5) is 0 Å². The lowest BCUT2D eigenvalue weighted by Gasteiger charge is -2.41. The minimum Gasteiger partial charge on any atom is -0.390 e. The third-order valence-corrected chi connectivity index (χ3v) is 16.9. The van der Waals surface area contributed by atoms with Gasteiger partial charge in [-0.15, -0.1) is 11.8 Å². The fraction of sp³-hybridized carbons (Fsp3) is 0.773. The van der Waals surface area contributed by atoms with Crippen molar-refractivity contribution in [1.82, 2.24) is 55.6 Å². The highest BCUT2D eigenvalue weighted by Gasteiger charge is 2.46. The SMILES string of the molecule is CC#CC[C@H]1C(=O)N(C)[C@@H](CC(C)C)C(=O)N[C@@H](C(C)C)C(=O)N(C)[C@@H](CC(C)C)C(=O)N[C@@H](C)C(=O)N[C@H](C)C(=O)N(C)[C@@H](CC(C)C)C(=O)N(C)[C@@H](CC(C)C)C(=O)N(C)[C@@H](C(C)C)C(=O)N(C)[C@@H]([C@H](O)[C@H](C)C/C=C/C)C(=O)N[C@@H](CC)C(=O)N1C. The summed E-state index contributed by atoms with van der Waals surface area (Å²) in [6.07, 6.45) is 2.72. The van der Waals surface area contributed by atoms with Crippen molar-refractivity contribution in [2.75, 3.05) is 49.3 Å².